The van der Waals surface area contributed by atoms with Crippen LogP contribution in [0.25, 0.3) is 0 Å². The van der Waals surface area contributed by atoms with Crippen LogP contribution in [0, 0.1) is 0 Å². The Kier molecular flexibility index (Phi) is 5.45. The van der Waals surface area contributed by atoms with Crippen molar-refractivity contribution < 1.29 is 13.2 Å². The van der Waals surface area contributed by atoms with Crippen LogP contribution in [0.1, 0.15) is 10.4 Å². The van der Waals surface area contributed by atoms with Gasteiger partial charge in [-0.05, 0) is 37.4 Å². The van der Waals surface area contributed by atoms with Crippen molar-refractivity contribution in [2.45, 2.75) is 4.90 Å². The molecule has 1 aromatic heterocycles. The Morgan fingerprint density at radius 1 is 1.00 bits per heavy atom. The molecular weight excluding hydrogens is 368 g/mol. The molecule has 2 aromatic rings. The summed E-state index contributed by atoms with van der Waals surface area (Å²) >= 11 is 0. The lowest BCUT2D eigenvalue weighted by Crippen LogP contribution is -2.46. The van der Waals surface area contributed by atoms with Gasteiger partial charge in [-0.2, -0.15) is 4.31 Å². The van der Waals surface area contributed by atoms with Gasteiger partial charge in [0.1, 0.15) is 0 Å². The fraction of sp³-hybridized carbons (Fsp3) is 0.333. The number of aromatic nitrogens is 1. The minimum absolute atomic E-state index is 0.193. The van der Waals surface area contributed by atoms with Crippen molar-refractivity contribution in [3.8, 4) is 0 Å². The zero-order chi connectivity index (χ0) is 19.6. The summed E-state index contributed by atoms with van der Waals surface area (Å²) in [7, 11) is 0.0197. The molecule has 0 aliphatic carbocycles. The topological polar surface area (TPSA) is 91.7 Å². The Labute approximate surface area is 158 Å². The van der Waals surface area contributed by atoms with Crippen molar-refractivity contribution in [3.05, 3.63) is 58.5 Å². The normalized spacial score (nSPS) is 16.2. The molecule has 144 valence electrons. The van der Waals surface area contributed by atoms with Gasteiger partial charge in [0, 0.05) is 56.7 Å². The molecule has 0 spiro atoms. The number of sulfonamides is 1. The number of carbonyl (C=O) groups is 1. The van der Waals surface area contributed by atoms with E-state index in [0.29, 0.717) is 31.9 Å². The van der Waals surface area contributed by atoms with Crippen molar-refractivity contribution in [1.82, 2.24) is 13.8 Å². The molecule has 1 fully saturated rings. The lowest BCUT2D eigenvalue weighted by Gasteiger charge is -2.31. The summed E-state index contributed by atoms with van der Waals surface area (Å²) in [6.45, 7) is 2.31. The Bertz CT molecular complexity index is 991. The standard InChI is InChI=1S/C18H22N4O4S/c1-20-9-11-22(12-10-20)27(25,26)16-5-3-15(4-6-16)19-18(24)14-7-8-21(2)17(23)13-14/h3-8,13H,9-12H2,1-2H3,(H,19,24). The summed E-state index contributed by atoms with van der Waals surface area (Å²) in [6, 6.07) is 8.84. The summed E-state index contributed by atoms with van der Waals surface area (Å²) in [5.74, 6) is -0.428. The molecule has 3 rings (SSSR count). The fourth-order valence-corrected chi connectivity index (χ4v) is 4.20. The van der Waals surface area contributed by atoms with Crippen molar-refractivity contribution in [2.24, 2.45) is 7.05 Å². The van der Waals surface area contributed by atoms with Gasteiger partial charge in [-0.1, -0.05) is 0 Å². The molecule has 8 nitrogen and oxygen atoms in total. The molecule has 1 amide bonds. The highest BCUT2D eigenvalue weighted by molar-refractivity contribution is 7.89. The summed E-state index contributed by atoms with van der Waals surface area (Å²) in [6.07, 6.45) is 1.52. The van der Waals surface area contributed by atoms with Crippen LogP contribution in [0.3, 0.4) is 0 Å². The molecular formula is C18H22N4O4S. The highest BCUT2D eigenvalue weighted by atomic mass is 32.2. The largest absolute Gasteiger partial charge is 0.322 e. The van der Waals surface area contributed by atoms with Gasteiger partial charge in [0.2, 0.25) is 10.0 Å². The number of hydrogen-bond donors (Lipinski definition) is 1. The Balaban J connectivity index is 1.72. The Hall–Kier alpha value is -2.49. The number of nitrogens with zero attached hydrogens (tertiary/aromatic N) is 3. The average molecular weight is 390 g/mol. The van der Waals surface area contributed by atoms with Crippen LogP contribution in [0.2, 0.25) is 0 Å². The summed E-state index contributed by atoms with van der Waals surface area (Å²) in [4.78, 5) is 26.2. The van der Waals surface area contributed by atoms with Gasteiger partial charge in [0.25, 0.3) is 11.5 Å². The van der Waals surface area contributed by atoms with E-state index in [-0.39, 0.29) is 16.0 Å². The average Bonchev–Trinajstić information content (AvgIpc) is 2.64. The van der Waals surface area contributed by atoms with Crippen LogP contribution in [0.15, 0.2) is 52.3 Å². The van der Waals surface area contributed by atoms with E-state index in [9.17, 15) is 18.0 Å². The van der Waals surface area contributed by atoms with Gasteiger partial charge in [-0.3, -0.25) is 9.59 Å². The Morgan fingerprint density at radius 3 is 2.22 bits per heavy atom. The predicted molar refractivity (Wildman–Crippen MR) is 102 cm³/mol. The summed E-state index contributed by atoms with van der Waals surface area (Å²) in [5, 5.41) is 2.67. The quantitative estimate of drug-likeness (QED) is 0.824. The number of amides is 1. The smallest absolute Gasteiger partial charge is 0.255 e. The number of nitrogens with one attached hydrogen (secondary N) is 1. The van der Waals surface area contributed by atoms with Gasteiger partial charge in [-0.25, -0.2) is 8.42 Å². The lowest BCUT2D eigenvalue weighted by atomic mass is 10.2. The van der Waals surface area contributed by atoms with E-state index in [1.165, 1.54) is 33.3 Å². The molecule has 1 aliphatic heterocycles. The number of anilines is 1. The number of benzene rings is 1. The first kappa shape index (κ1) is 19.3. The number of hydrogen-bond acceptors (Lipinski definition) is 5. The third-order valence-electron chi connectivity index (χ3n) is 4.58. The maximum absolute atomic E-state index is 12.7. The monoisotopic (exact) mass is 390 g/mol. The maximum atomic E-state index is 12.7. The van der Waals surface area contributed by atoms with Crippen molar-refractivity contribution in [1.29, 1.82) is 0 Å². The molecule has 1 saturated heterocycles. The molecule has 0 atom stereocenters. The minimum atomic E-state index is -3.54. The number of rotatable bonds is 4. The molecule has 0 radical (unpaired) electrons. The second-order valence-corrected chi connectivity index (χ2v) is 8.49. The van der Waals surface area contributed by atoms with E-state index in [2.05, 4.69) is 10.2 Å². The highest BCUT2D eigenvalue weighted by Gasteiger charge is 2.27. The van der Waals surface area contributed by atoms with Gasteiger partial charge in [0.05, 0.1) is 4.90 Å². The molecule has 0 unspecified atom stereocenters. The second-order valence-electron chi connectivity index (χ2n) is 6.55. The van der Waals surface area contributed by atoms with E-state index in [1.807, 2.05) is 7.05 Å². The van der Waals surface area contributed by atoms with Crippen molar-refractivity contribution in [2.75, 3.05) is 38.5 Å². The van der Waals surface area contributed by atoms with E-state index in [4.69, 9.17) is 0 Å². The summed E-state index contributed by atoms with van der Waals surface area (Å²) < 4.78 is 28.2. The van der Waals surface area contributed by atoms with Crippen molar-refractivity contribution >= 4 is 21.6 Å². The SMILES string of the molecule is CN1CCN(S(=O)(=O)c2ccc(NC(=O)c3ccn(C)c(=O)c3)cc2)CC1. The van der Waals surface area contributed by atoms with Crippen LogP contribution >= 0.6 is 0 Å². The first-order valence-corrected chi connectivity index (χ1v) is 9.98. The van der Waals surface area contributed by atoms with E-state index >= 15 is 0 Å². The molecule has 9 heteroatoms. The maximum Gasteiger partial charge on any atom is 0.255 e. The second kappa shape index (κ2) is 7.63. The predicted octanol–water partition coefficient (Wildman–Crippen LogP) is 0.574. The molecule has 1 aliphatic rings. The third kappa shape index (κ3) is 4.26. The van der Waals surface area contributed by atoms with Crippen LogP contribution in [-0.4, -0.2) is 61.3 Å². The molecule has 1 aromatic carbocycles. The van der Waals surface area contributed by atoms with Crippen LogP contribution < -0.4 is 10.9 Å². The number of piperazine rings is 1. The number of aryl methyl sites for hydroxylation is 1. The van der Waals surface area contributed by atoms with E-state index in [1.54, 1.807) is 25.2 Å². The number of carbonyl (C=O) groups excluding carboxylic acids is 1. The number of pyridine rings is 1. The van der Waals surface area contributed by atoms with Crippen LogP contribution in [0.5, 0.6) is 0 Å². The lowest BCUT2D eigenvalue weighted by molar-refractivity contribution is 0.102. The molecule has 0 bridgehead atoms. The zero-order valence-electron chi connectivity index (χ0n) is 15.3. The fourth-order valence-electron chi connectivity index (χ4n) is 2.78. The third-order valence-corrected chi connectivity index (χ3v) is 6.49. The molecule has 1 N–H and O–H groups in total. The first-order valence-electron chi connectivity index (χ1n) is 8.54. The molecule has 2 heterocycles. The van der Waals surface area contributed by atoms with Gasteiger partial charge < -0.3 is 14.8 Å². The first-order chi connectivity index (χ1) is 12.8. The molecule has 27 heavy (non-hydrogen) atoms. The van der Waals surface area contributed by atoms with Gasteiger partial charge in [-0.15, -0.1) is 0 Å². The van der Waals surface area contributed by atoms with Gasteiger partial charge >= 0.3 is 0 Å². The van der Waals surface area contributed by atoms with E-state index < -0.39 is 15.9 Å². The number of likely N-dealkylation sites (N-methyl/N-ethyl adjacent to an activating group) is 1. The van der Waals surface area contributed by atoms with Crippen LogP contribution in [-0.2, 0) is 17.1 Å². The summed E-state index contributed by atoms with van der Waals surface area (Å²) in [5.41, 5.74) is 0.418. The van der Waals surface area contributed by atoms with Crippen molar-refractivity contribution in [3.63, 3.8) is 0 Å². The Morgan fingerprint density at radius 2 is 1.63 bits per heavy atom. The highest BCUT2D eigenvalue weighted by Crippen LogP contribution is 2.20. The van der Waals surface area contributed by atoms with Crippen LogP contribution in [0.4, 0.5) is 5.69 Å². The zero-order valence-corrected chi connectivity index (χ0v) is 16.1. The molecule has 0 saturated carbocycles. The van der Waals surface area contributed by atoms with Gasteiger partial charge in [0.15, 0.2) is 0 Å². The minimum Gasteiger partial charge on any atom is -0.322 e. The van der Waals surface area contributed by atoms with E-state index in [0.717, 1.165) is 0 Å².